The Morgan fingerprint density at radius 2 is 1.22 bits per heavy atom. The first-order chi connectivity index (χ1) is 16.9. The molecule has 2 fully saturated rings. The fourth-order valence-electron chi connectivity index (χ4n) is 3.31. The maximum absolute atomic E-state index is 12.1. The van der Waals surface area contributed by atoms with E-state index in [2.05, 4.69) is 9.47 Å². The highest BCUT2D eigenvalue weighted by Gasteiger charge is 2.33. The number of methoxy groups -OCH3 is 2. The Hall–Kier alpha value is -3.73. The minimum Gasteiger partial charge on any atom is -0.507 e. The van der Waals surface area contributed by atoms with E-state index in [-0.39, 0.29) is 57.2 Å². The minimum absolute atomic E-state index is 0.0128. The van der Waals surface area contributed by atoms with Gasteiger partial charge < -0.3 is 18.8 Å². The number of ether oxygens (including phenoxy) is 2. The van der Waals surface area contributed by atoms with Gasteiger partial charge in [0.05, 0.1) is 42.7 Å². The van der Waals surface area contributed by atoms with E-state index in [0.717, 1.165) is 31.9 Å². The van der Waals surface area contributed by atoms with E-state index in [1.165, 1.54) is 50.6 Å². The Balaban J connectivity index is 0.000000205. The van der Waals surface area contributed by atoms with Crippen molar-refractivity contribution in [3.05, 3.63) is 58.7 Å². The lowest BCUT2D eigenvalue weighted by molar-refractivity contribution is 0.0591. The highest BCUT2D eigenvalue weighted by atomic mass is 32.2. The van der Waals surface area contributed by atoms with Gasteiger partial charge in [-0.1, -0.05) is 0 Å². The summed E-state index contributed by atoms with van der Waals surface area (Å²) in [5.74, 6) is -1.66. The van der Waals surface area contributed by atoms with E-state index in [9.17, 15) is 32.7 Å². The maximum atomic E-state index is 12.1. The first-order valence-electron chi connectivity index (χ1n) is 11.1. The van der Waals surface area contributed by atoms with Gasteiger partial charge in [0.15, 0.2) is 17.3 Å². The molecule has 0 heterocycles. The Morgan fingerprint density at radius 1 is 0.778 bits per heavy atom. The maximum Gasteiger partial charge on any atom is 0.337 e. The fraction of sp³-hybridized carbons (Fsp3) is 0.360. The van der Waals surface area contributed by atoms with Crippen LogP contribution in [-0.4, -0.2) is 57.5 Å². The Kier molecular flexibility index (Phi) is 8.13. The topological polar surface area (TPSA) is 150 Å². The largest absolute Gasteiger partial charge is 0.507 e. The molecule has 11 heteroatoms. The first kappa shape index (κ1) is 26.9. The van der Waals surface area contributed by atoms with Crippen LogP contribution in [0.4, 0.5) is 0 Å². The molecule has 1 N–H and O–H groups in total. The molecule has 0 atom stereocenters. The average molecular weight is 519 g/mol. The minimum atomic E-state index is -3.75. The zero-order valence-corrected chi connectivity index (χ0v) is 20.8. The van der Waals surface area contributed by atoms with E-state index in [0.29, 0.717) is 0 Å². The smallest absolute Gasteiger partial charge is 0.337 e. The van der Waals surface area contributed by atoms with Crippen molar-refractivity contribution in [3.63, 3.8) is 0 Å². The van der Waals surface area contributed by atoms with E-state index in [4.69, 9.17) is 4.18 Å². The second kappa shape index (κ2) is 10.9. The molecule has 0 radical (unpaired) electrons. The number of hydrogen-bond acceptors (Lipinski definition) is 10. The quantitative estimate of drug-likeness (QED) is 0.313. The summed E-state index contributed by atoms with van der Waals surface area (Å²) >= 11 is 0. The lowest BCUT2D eigenvalue weighted by Crippen LogP contribution is -2.12. The summed E-state index contributed by atoms with van der Waals surface area (Å²) in [5.41, 5.74) is 0.771. The third kappa shape index (κ3) is 6.91. The van der Waals surface area contributed by atoms with Crippen molar-refractivity contribution < 1.29 is 46.4 Å². The van der Waals surface area contributed by atoms with Crippen LogP contribution >= 0.6 is 0 Å². The third-order valence-corrected chi connectivity index (χ3v) is 5.97. The molecule has 4 rings (SSSR count). The summed E-state index contributed by atoms with van der Waals surface area (Å²) in [5, 5.41) is 9.56. The zero-order chi connectivity index (χ0) is 26.6. The molecule has 0 bridgehead atoms. The number of phenols is 1. The molecule has 36 heavy (non-hydrogen) atoms. The molecule has 10 nitrogen and oxygen atoms in total. The van der Waals surface area contributed by atoms with Crippen LogP contribution in [0.25, 0.3) is 0 Å². The molecular formula is C25H26O10S. The monoisotopic (exact) mass is 518 g/mol. The van der Waals surface area contributed by atoms with Crippen molar-refractivity contribution in [1.29, 1.82) is 0 Å². The summed E-state index contributed by atoms with van der Waals surface area (Å²) in [6, 6.07) is 8.14. The highest BCUT2D eigenvalue weighted by molar-refractivity contribution is 7.86. The van der Waals surface area contributed by atoms with Crippen LogP contribution in [0.5, 0.6) is 11.5 Å². The van der Waals surface area contributed by atoms with E-state index >= 15 is 0 Å². The van der Waals surface area contributed by atoms with Gasteiger partial charge in [0, 0.05) is 11.8 Å². The van der Waals surface area contributed by atoms with Crippen LogP contribution in [0.15, 0.2) is 36.4 Å². The van der Waals surface area contributed by atoms with Crippen molar-refractivity contribution in [2.75, 3.05) is 20.5 Å². The molecule has 0 amide bonds. The Labute approximate surface area is 208 Å². The van der Waals surface area contributed by atoms with Gasteiger partial charge in [-0.15, -0.1) is 0 Å². The number of ketones is 2. The Morgan fingerprint density at radius 3 is 1.67 bits per heavy atom. The second-order valence-corrected chi connectivity index (χ2v) is 10.1. The van der Waals surface area contributed by atoms with Gasteiger partial charge in [0.2, 0.25) is 0 Å². The molecule has 0 unspecified atom stereocenters. The average Bonchev–Trinajstić information content (AvgIpc) is 3.75. The van der Waals surface area contributed by atoms with Crippen molar-refractivity contribution in [2.24, 2.45) is 11.8 Å². The number of carbonyl (C=O) groups excluding carboxylic acids is 4. The van der Waals surface area contributed by atoms with Gasteiger partial charge in [-0.2, -0.15) is 8.42 Å². The van der Waals surface area contributed by atoms with Gasteiger partial charge >= 0.3 is 22.1 Å². The summed E-state index contributed by atoms with van der Waals surface area (Å²) in [6.07, 6.45) is 4.15. The van der Waals surface area contributed by atoms with Crippen LogP contribution in [0, 0.1) is 11.8 Å². The number of aromatic hydroxyl groups is 1. The standard InChI is InChI=1S/C13H14O6S.C12H12O4/c1-18-13(15)9-5-6-11(19-20(2,16)17)10(7-9)12(14)8-3-4-8;1-16-12(15)8-4-5-10(13)9(6-8)11(14)7-2-3-7/h5-8H,3-4H2,1-2H3;4-7,13H,2-3H2,1H3. The van der Waals surface area contributed by atoms with Gasteiger partial charge in [-0.25, -0.2) is 9.59 Å². The van der Waals surface area contributed by atoms with Gasteiger partial charge in [-0.05, 0) is 62.1 Å². The van der Waals surface area contributed by atoms with Crippen LogP contribution < -0.4 is 4.18 Å². The summed E-state index contributed by atoms with van der Waals surface area (Å²) in [6.45, 7) is 0. The predicted octanol–water partition coefficient (Wildman–Crippen LogP) is 3.18. The zero-order valence-electron chi connectivity index (χ0n) is 20.0. The molecule has 192 valence electrons. The normalized spacial score (nSPS) is 14.6. The molecule has 0 spiro atoms. The van der Waals surface area contributed by atoms with Crippen molar-refractivity contribution in [2.45, 2.75) is 25.7 Å². The molecule has 0 aromatic heterocycles. The summed E-state index contributed by atoms with van der Waals surface area (Å²) < 4.78 is 36.4. The lowest BCUT2D eigenvalue weighted by Gasteiger charge is -2.10. The number of benzene rings is 2. The van der Waals surface area contributed by atoms with Crippen molar-refractivity contribution in [3.8, 4) is 11.5 Å². The van der Waals surface area contributed by atoms with Crippen LogP contribution in [0.1, 0.15) is 67.1 Å². The molecule has 0 saturated heterocycles. The summed E-state index contributed by atoms with van der Waals surface area (Å²) in [4.78, 5) is 46.7. The van der Waals surface area contributed by atoms with E-state index in [1.807, 2.05) is 0 Å². The lowest BCUT2D eigenvalue weighted by atomic mass is 10.0. The number of Topliss-reactive ketones (excluding diaryl/α,β-unsaturated/α-hetero) is 2. The van der Waals surface area contributed by atoms with Crippen LogP contribution in [0.3, 0.4) is 0 Å². The van der Waals surface area contributed by atoms with Gasteiger partial charge in [0.25, 0.3) is 0 Å². The molecule has 0 aliphatic heterocycles. The Bertz CT molecular complexity index is 1300. The third-order valence-electron chi connectivity index (χ3n) is 5.49. The van der Waals surface area contributed by atoms with Gasteiger partial charge in [0.1, 0.15) is 5.75 Å². The van der Waals surface area contributed by atoms with E-state index < -0.39 is 22.1 Å². The molecule has 2 aliphatic rings. The number of carbonyl (C=O) groups is 4. The summed E-state index contributed by atoms with van der Waals surface area (Å²) in [7, 11) is -1.24. The highest BCUT2D eigenvalue weighted by Crippen LogP contribution is 2.36. The van der Waals surface area contributed by atoms with Crippen molar-refractivity contribution >= 4 is 33.6 Å². The SMILES string of the molecule is COC(=O)c1ccc(O)c(C(=O)C2CC2)c1.COC(=O)c1ccc(OS(C)(=O)=O)c(C(=O)C2CC2)c1. The molecule has 2 aromatic rings. The molecule has 2 saturated carbocycles. The van der Waals surface area contributed by atoms with Gasteiger partial charge in [-0.3, -0.25) is 9.59 Å². The second-order valence-electron chi connectivity index (χ2n) is 8.49. The molecule has 2 aromatic carbocycles. The fourth-order valence-corrected chi connectivity index (χ4v) is 3.78. The van der Waals surface area contributed by atoms with E-state index in [1.54, 1.807) is 0 Å². The predicted molar refractivity (Wildman–Crippen MR) is 127 cm³/mol. The first-order valence-corrected chi connectivity index (χ1v) is 12.9. The number of phenolic OH excluding ortho intramolecular Hbond substituents is 1. The number of rotatable bonds is 8. The molecular weight excluding hydrogens is 492 g/mol. The van der Waals surface area contributed by atoms with Crippen LogP contribution in [-0.2, 0) is 19.6 Å². The number of esters is 2. The van der Waals surface area contributed by atoms with Crippen LogP contribution in [0.2, 0.25) is 0 Å². The van der Waals surface area contributed by atoms with Crippen molar-refractivity contribution in [1.82, 2.24) is 0 Å². The number of hydrogen-bond donors (Lipinski definition) is 1. The molecule has 2 aliphatic carbocycles.